The van der Waals surface area contributed by atoms with Crippen LogP contribution in [-0.4, -0.2) is 40.1 Å². The molecule has 2 atom stereocenters. The third kappa shape index (κ3) is 5.45. The van der Waals surface area contributed by atoms with E-state index in [2.05, 4.69) is 10.3 Å². The number of rotatable bonds is 6. The van der Waals surface area contributed by atoms with Gasteiger partial charge in [-0.2, -0.15) is 10.1 Å². The summed E-state index contributed by atoms with van der Waals surface area (Å²) in [5, 5.41) is 8.75. The van der Waals surface area contributed by atoms with Gasteiger partial charge in [-0.3, -0.25) is 9.59 Å². The molecule has 1 N–H and O–H groups in total. The Morgan fingerprint density at radius 3 is 2.50 bits per heavy atom. The first-order chi connectivity index (χ1) is 18.3. The number of methoxy groups -OCH3 is 1. The van der Waals surface area contributed by atoms with Crippen LogP contribution in [0.2, 0.25) is 0 Å². The molecule has 2 amide bonds. The van der Waals surface area contributed by atoms with Gasteiger partial charge in [0, 0.05) is 24.6 Å². The van der Waals surface area contributed by atoms with E-state index in [1.807, 2.05) is 55.5 Å². The number of carbonyl (C=O) groups is 2. The Hall–Kier alpha value is -4.05. The average Bonchev–Trinajstić information content (AvgIpc) is 3.51. The molecule has 0 aliphatic carbocycles. The number of amides is 2. The molecule has 0 aromatic heterocycles. The molecule has 0 saturated heterocycles. The zero-order valence-electron chi connectivity index (χ0n) is 20.7. The lowest BCUT2D eigenvalue weighted by Gasteiger charge is -2.23. The van der Waals surface area contributed by atoms with Gasteiger partial charge in [0.15, 0.2) is 16.8 Å². The summed E-state index contributed by atoms with van der Waals surface area (Å²) in [6.45, 7) is 2.01. The fourth-order valence-corrected chi connectivity index (χ4v) is 5.31. The normalized spacial score (nSPS) is 18.8. The van der Waals surface area contributed by atoms with Crippen molar-refractivity contribution in [2.45, 2.75) is 31.1 Å². The molecule has 38 heavy (non-hydrogen) atoms. The number of aryl methyl sites for hydroxylation is 1. The number of nitrogens with zero attached hydrogens (tertiary/aromatic N) is 3. The van der Waals surface area contributed by atoms with Gasteiger partial charge < -0.3 is 10.1 Å². The van der Waals surface area contributed by atoms with Crippen LogP contribution in [0.15, 0.2) is 76.8 Å². The van der Waals surface area contributed by atoms with Crippen LogP contribution in [0.4, 0.5) is 14.5 Å². The standard InChI is InChI=1S/C28H24F2N4O3S/c1-16-3-5-18(6-4-16)24-14-23(17-7-10-20(37-2)11-8-17)33-34(24)28-32-27(36)25(38-28)15-26(35)31-19-9-12-21(29)22(30)13-19/h3-13,24-25H,14-15H2,1-2H3,(H,31,35)/t24-,25-/m0/s1. The Balaban J connectivity index is 1.34. The van der Waals surface area contributed by atoms with E-state index in [0.29, 0.717) is 11.6 Å². The Bertz CT molecular complexity index is 1440. The minimum Gasteiger partial charge on any atom is -0.497 e. The molecule has 2 heterocycles. The molecule has 3 aromatic rings. The topological polar surface area (TPSA) is 83.4 Å². The van der Waals surface area contributed by atoms with Gasteiger partial charge in [-0.25, -0.2) is 13.8 Å². The minimum atomic E-state index is -1.07. The van der Waals surface area contributed by atoms with E-state index in [-0.39, 0.29) is 18.2 Å². The van der Waals surface area contributed by atoms with Crippen LogP contribution in [0.5, 0.6) is 5.75 Å². The zero-order chi connectivity index (χ0) is 26.8. The fraction of sp³-hybridized carbons (Fsp3) is 0.214. The van der Waals surface area contributed by atoms with Crippen molar-refractivity contribution in [1.29, 1.82) is 0 Å². The molecular weight excluding hydrogens is 510 g/mol. The highest BCUT2D eigenvalue weighted by molar-refractivity contribution is 8.15. The molecule has 0 unspecified atom stereocenters. The Labute approximate surface area is 222 Å². The molecule has 0 radical (unpaired) electrons. The van der Waals surface area contributed by atoms with Crippen LogP contribution < -0.4 is 10.1 Å². The first kappa shape index (κ1) is 25.6. The number of hydrogen-bond donors (Lipinski definition) is 1. The number of aliphatic imine (C=N–C) groups is 1. The van der Waals surface area contributed by atoms with Gasteiger partial charge in [-0.15, -0.1) is 0 Å². The third-order valence-electron chi connectivity index (χ3n) is 6.29. The number of benzene rings is 3. The van der Waals surface area contributed by atoms with Crippen LogP contribution >= 0.6 is 11.8 Å². The lowest BCUT2D eigenvalue weighted by molar-refractivity contribution is -0.121. The maximum atomic E-state index is 13.5. The summed E-state index contributed by atoms with van der Waals surface area (Å²) in [7, 11) is 1.61. The highest BCUT2D eigenvalue weighted by Crippen LogP contribution is 2.39. The van der Waals surface area contributed by atoms with Crippen molar-refractivity contribution in [3.8, 4) is 5.75 Å². The van der Waals surface area contributed by atoms with Crippen LogP contribution in [-0.2, 0) is 9.59 Å². The molecular formula is C28H24F2N4O3S. The fourth-order valence-electron chi connectivity index (χ4n) is 4.25. The van der Waals surface area contributed by atoms with E-state index >= 15 is 0 Å². The molecule has 7 nitrogen and oxygen atoms in total. The van der Waals surface area contributed by atoms with E-state index in [1.54, 1.807) is 12.1 Å². The maximum absolute atomic E-state index is 13.5. The van der Waals surface area contributed by atoms with Gasteiger partial charge in [-0.05, 0) is 54.4 Å². The van der Waals surface area contributed by atoms with Gasteiger partial charge in [0.1, 0.15) is 11.0 Å². The van der Waals surface area contributed by atoms with Gasteiger partial charge in [0.25, 0.3) is 5.91 Å². The average molecular weight is 535 g/mol. The molecule has 2 aliphatic rings. The number of hydrogen-bond acceptors (Lipinski definition) is 6. The number of hydrazone groups is 1. The van der Waals surface area contributed by atoms with Gasteiger partial charge in [0.2, 0.25) is 5.91 Å². The molecule has 0 spiro atoms. The van der Waals surface area contributed by atoms with Crippen LogP contribution in [0.3, 0.4) is 0 Å². The van der Waals surface area contributed by atoms with Crippen molar-refractivity contribution in [2.24, 2.45) is 10.1 Å². The van der Waals surface area contributed by atoms with Crippen molar-refractivity contribution in [2.75, 3.05) is 12.4 Å². The maximum Gasteiger partial charge on any atom is 0.262 e. The number of nitrogens with one attached hydrogen (secondary N) is 1. The first-order valence-corrected chi connectivity index (χ1v) is 12.8. The number of amidine groups is 1. The number of ether oxygens (including phenoxy) is 1. The Morgan fingerprint density at radius 2 is 1.82 bits per heavy atom. The van der Waals surface area contributed by atoms with E-state index in [1.165, 1.54) is 17.8 Å². The van der Waals surface area contributed by atoms with Gasteiger partial charge in [-0.1, -0.05) is 41.6 Å². The van der Waals surface area contributed by atoms with E-state index in [0.717, 1.165) is 40.3 Å². The van der Waals surface area contributed by atoms with Crippen molar-refractivity contribution in [3.63, 3.8) is 0 Å². The number of anilines is 1. The molecule has 3 aromatic carbocycles. The lowest BCUT2D eigenvalue weighted by Crippen LogP contribution is -2.25. The summed E-state index contributed by atoms with van der Waals surface area (Å²) in [6, 6.07) is 18.6. The second-order valence-electron chi connectivity index (χ2n) is 8.97. The van der Waals surface area contributed by atoms with Crippen LogP contribution in [0.1, 0.15) is 35.6 Å². The molecule has 5 rings (SSSR count). The first-order valence-electron chi connectivity index (χ1n) is 11.9. The highest BCUT2D eigenvalue weighted by atomic mass is 32.2. The van der Waals surface area contributed by atoms with Crippen molar-refractivity contribution < 1.29 is 23.1 Å². The van der Waals surface area contributed by atoms with Crippen molar-refractivity contribution in [3.05, 3.63) is 95.1 Å². The molecule has 10 heteroatoms. The second-order valence-corrected chi connectivity index (χ2v) is 10.1. The zero-order valence-corrected chi connectivity index (χ0v) is 21.5. The van der Waals surface area contributed by atoms with E-state index in [4.69, 9.17) is 9.84 Å². The minimum absolute atomic E-state index is 0.109. The second kappa shape index (κ2) is 10.7. The van der Waals surface area contributed by atoms with E-state index in [9.17, 15) is 18.4 Å². The van der Waals surface area contributed by atoms with Gasteiger partial charge >= 0.3 is 0 Å². The predicted molar refractivity (Wildman–Crippen MR) is 143 cm³/mol. The molecule has 0 fully saturated rings. The summed E-state index contributed by atoms with van der Waals surface area (Å²) < 4.78 is 31.9. The summed E-state index contributed by atoms with van der Waals surface area (Å²) >= 11 is 1.17. The van der Waals surface area contributed by atoms with Crippen LogP contribution in [0.25, 0.3) is 0 Å². The number of halogens is 2. The third-order valence-corrected chi connectivity index (χ3v) is 7.44. The largest absolute Gasteiger partial charge is 0.497 e. The van der Waals surface area contributed by atoms with Gasteiger partial charge in [0.05, 0.1) is 18.9 Å². The Kier molecular flexibility index (Phi) is 7.24. The monoisotopic (exact) mass is 534 g/mol. The van der Waals surface area contributed by atoms with Crippen molar-refractivity contribution in [1.82, 2.24) is 5.01 Å². The van der Waals surface area contributed by atoms with E-state index < -0.39 is 28.7 Å². The molecule has 0 bridgehead atoms. The lowest BCUT2D eigenvalue weighted by atomic mass is 9.98. The van der Waals surface area contributed by atoms with Crippen molar-refractivity contribution >= 4 is 40.1 Å². The molecule has 2 aliphatic heterocycles. The molecule has 194 valence electrons. The smallest absolute Gasteiger partial charge is 0.262 e. The number of thioether (sulfide) groups is 1. The summed E-state index contributed by atoms with van der Waals surface area (Å²) in [5.74, 6) is -2.28. The predicted octanol–water partition coefficient (Wildman–Crippen LogP) is 5.46. The Morgan fingerprint density at radius 1 is 1.08 bits per heavy atom. The highest BCUT2D eigenvalue weighted by Gasteiger charge is 2.39. The SMILES string of the molecule is COc1ccc(C2=NN(C3=NC(=O)[C@H](CC(=O)Nc4ccc(F)c(F)c4)S3)[C@H](c3ccc(C)cc3)C2)cc1. The van der Waals surface area contributed by atoms with Crippen LogP contribution in [0, 0.1) is 18.6 Å². The number of carbonyl (C=O) groups excluding carboxylic acids is 2. The summed E-state index contributed by atoms with van der Waals surface area (Å²) in [5.41, 5.74) is 4.04. The molecule has 0 saturated carbocycles. The summed E-state index contributed by atoms with van der Waals surface area (Å²) in [6.07, 6.45) is 0.429. The quantitative estimate of drug-likeness (QED) is 0.454. The summed E-state index contributed by atoms with van der Waals surface area (Å²) in [4.78, 5) is 29.5.